The van der Waals surface area contributed by atoms with Crippen LogP contribution in [-0.2, 0) is 16.1 Å². The summed E-state index contributed by atoms with van der Waals surface area (Å²) in [7, 11) is 3.61. The number of ether oxygens (including phenoxy) is 2. The Morgan fingerprint density at radius 2 is 1.94 bits per heavy atom. The number of fused-ring (bicyclic) bond motifs is 1. The molecule has 2 heterocycles. The Bertz CT molecular complexity index is 941. The third kappa shape index (κ3) is 6.10. The average Bonchev–Trinajstić information content (AvgIpc) is 3.17. The van der Waals surface area contributed by atoms with Gasteiger partial charge < -0.3 is 19.3 Å². The van der Waals surface area contributed by atoms with E-state index in [2.05, 4.69) is 9.80 Å². The van der Waals surface area contributed by atoms with Crippen LogP contribution >= 0.6 is 0 Å². The van der Waals surface area contributed by atoms with Gasteiger partial charge in [0.25, 0.3) is 0 Å². The Morgan fingerprint density at radius 1 is 1.15 bits per heavy atom. The summed E-state index contributed by atoms with van der Waals surface area (Å²) in [5.74, 6) is 1.02. The van der Waals surface area contributed by atoms with Crippen LogP contribution in [0, 0.1) is 11.7 Å². The summed E-state index contributed by atoms with van der Waals surface area (Å²) >= 11 is 0. The smallest absolute Gasteiger partial charge is 0.236 e. The maximum Gasteiger partial charge on any atom is 0.236 e. The van der Waals surface area contributed by atoms with Crippen molar-refractivity contribution in [2.45, 2.75) is 19.1 Å². The first-order valence-electron chi connectivity index (χ1n) is 11.7. The number of amides is 1. The summed E-state index contributed by atoms with van der Waals surface area (Å²) in [4.78, 5) is 19.4. The van der Waals surface area contributed by atoms with Crippen molar-refractivity contribution in [1.29, 1.82) is 0 Å². The van der Waals surface area contributed by atoms with Gasteiger partial charge in [0.05, 0.1) is 13.2 Å². The number of methoxy groups -OCH3 is 1. The number of carbonyl (C=O) groups is 1. The maximum absolute atomic E-state index is 14.6. The molecule has 1 fully saturated rings. The monoisotopic (exact) mass is 455 g/mol. The number of carbonyl (C=O) groups excluding carboxylic acids is 1. The Hall–Kier alpha value is -2.48. The first-order valence-corrected chi connectivity index (χ1v) is 11.7. The second-order valence-corrected chi connectivity index (χ2v) is 9.13. The summed E-state index contributed by atoms with van der Waals surface area (Å²) in [6.45, 7) is 5.80. The van der Waals surface area contributed by atoms with E-state index in [1.807, 2.05) is 42.3 Å². The van der Waals surface area contributed by atoms with Crippen LogP contribution in [0.5, 0.6) is 5.75 Å². The fourth-order valence-electron chi connectivity index (χ4n) is 4.78. The van der Waals surface area contributed by atoms with E-state index < -0.39 is 6.10 Å². The van der Waals surface area contributed by atoms with Crippen molar-refractivity contribution in [2.24, 2.45) is 5.92 Å². The second kappa shape index (κ2) is 11.1. The van der Waals surface area contributed by atoms with Gasteiger partial charge in [-0.05, 0) is 31.0 Å². The normalized spacial score (nSPS) is 21.3. The zero-order valence-electron chi connectivity index (χ0n) is 19.6. The van der Waals surface area contributed by atoms with Crippen LogP contribution in [0.3, 0.4) is 0 Å². The molecule has 2 aromatic rings. The lowest BCUT2D eigenvalue weighted by molar-refractivity contribution is -0.132. The zero-order valence-corrected chi connectivity index (χ0v) is 19.6. The number of halogens is 1. The van der Waals surface area contributed by atoms with Gasteiger partial charge in [0.15, 0.2) is 0 Å². The first kappa shape index (κ1) is 23.7. The fraction of sp³-hybridized carbons (Fsp3) is 0.500. The van der Waals surface area contributed by atoms with Gasteiger partial charge in [-0.2, -0.15) is 0 Å². The number of hydrogen-bond acceptors (Lipinski definition) is 5. The molecule has 1 amide bonds. The summed E-state index contributed by atoms with van der Waals surface area (Å²) in [6.07, 6.45) is 0.624. The van der Waals surface area contributed by atoms with Crippen LogP contribution in [0.15, 0.2) is 48.5 Å². The number of benzene rings is 2. The molecule has 0 aliphatic carbocycles. The number of hydrogen-bond donors (Lipinski definition) is 0. The summed E-state index contributed by atoms with van der Waals surface area (Å²) in [5, 5.41) is 0. The van der Waals surface area contributed by atoms with E-state index in [9.17, 15) is 9.18 Å². The van der Waals surface area contributed by atoms with Crippen molar-refractivity contribution < 1.29 is 18.7 Å². The molecule has 4 rings (SSSR count). The Balaban J connectivity index is 1.41. The van der Waals surface area contributed by atoms with Crippen molar-refractivity contribution in [3.05, 3.63) is 65.5 Å². The van der Waals surface area contributed by atoms with Crippen LogP contribution in [-0.4, -0.2) is 80.6 Å². The summed E-state index contributed by atoms with van der Waals surface area (Å²) < 4.78 is 26.0. The van der Waals surface area contributed by atoms with Gasteiger partial charge in [-0.3, -0.25) is 9.69 Å². The number of para-hydroxylation sites is 1. The van der Waals surface area contributed by atoms with Gasteiger partial charge in [0.1, 0.15) is 17.7 Å². The van der Waals surface area contributed by atoms with Crippen LogP contribution in [0.25, 0.3) is 0 Å². The highest BCUT2D eigenvalue weighted by molar-refractivity contribution is 5.78. The average molecular weight is 456 g/mol. The van der Waals surface area contributed by atoms with Crippen molar-refractivity contribution in [1.82, 2.24) is 14.7 Å². The SMILES string of the molecule is COCCN1CC[C@@H](CN(C)C(=O)CN2Cc3ccccc3O[C@@H](c3ccccc3F)C2)C1. The van der Waals surface area contributed by atoms with E-state index in [0.717, 1.165) is 50.5 Å². The summed E-state index contributed by atoms with van der Waals surface area (Å²) in [6, 6.07) is 14.5. The zero-order chi connectivity index (χ0) is 23.2. The lowest BCUT2D eigenvalue weighted by Gasteiger charge is -2.27. The highest BCUT2D eigenvalue weighted by Gasteiger charge is 2.29. The highest BCUT2D eigenvalue weighted by atomic mass is 19.1. The van der Waals surface area contributed by atoms with Gasteiger partial charge in [-0.1, -0.05) is 36.4 Å². The van der Waals surface area contributed by atoms with E-state index in [4.69, 9.17) is 9.47 Å². The molecule has 178 valence electrons. The molecule has 0 unspecified atom stereocenters. The number of nitrogens with zero attached hydrogens (tertiary/aromatic N) is 3. The molecule has 6 nitrogen and oxygen atoms in total. The largest absolute Gasteiger partial charge is 0.484 e. The molecule has 2 aliphatic rings. The minimum Gasteiger partial charge on any atom is -0.484 e. The van der Waals surface area contributed by atoms with E-state index in [0.29, 0.717) is 24.6 Å². The molecule has 0 aromatic heterocycles. The minimum atomic E-state index is -0.475. The molecular formula is C26H34FN3O3. The van der Waals surface area contributed by atoms with E-state index in [1.165, 1.54) is 6.07 Å². The topological polar surface area (TPSA) is 45.2 Å². The Kier molecular flexibility index (Phi) is 7.96. The third-order valence-corrected chi connectivity index (χ3v) is 6.61. The molecule has 2 aliphatic heterocycles. The van der Waals surface area contributed by atoms with Crippen molar-refractivity contribution >= 4 is 5.91 Å². The lowest BCUT2D eigenvalue weighted by atomic mass is 10.1. The van der Waals surface area contributed by atoms with Crippen LogP contribution in [0.2, 0.25) is 0 Å². The molecule has 0 bridgehead atoms. The molecule has 0 N–H and O–H groups in total. The highest BCUT2D eigenvalue weighted by Crippen LogP contribution is 2.32. The van der Waals surface area contributed by atoms with Gasteiger partial charge in [-0.25, -0.2) is 4.39 Å². The summed E-state index contributed by atoms with van der Waals surface area (Å²) in [5.41, 5.74) is 1.53. The molecule has 0 radical (unpaired) electrons. The molecule has 0 saturated carbocycles. The van der Waals surface area contributed by atoms with Gasteiger partial charge in [0, 0.05) is 58.0 Å². The molecule has 2 aromatic carbocycles. The quantitative estimate of drug-likeness (QED) is 0.612. The van der Waals surface area contributed by atoms with Crippen LogP contribution in [0.4, 0.5) is 4.39 Å². The molecule has 33 heavy (non-hydrogen) atoms. The second-order valence-electron chi connectivity index (χ2n) is 9.13. The van der Waals surface area contributed by atoms with Crippen molar-refractivity contribution in [2.75, 3.05) is 60.0 Å². The first-order chi connectivity index (χ1) is 16.0. The molecule has 1 saturated heterocycles. The van der Waals surface area contributed by atoms with E-state index >= 15 is 0 Å². The van der Waals surface area contributed by atoms with E-state index in [-0.39, 0.29) is 18.3 Å². The van der Waals surface area contributed by atoms with Gasteiger partial charge >= 0.3 is 0 Å². The Morgan fingerprint density at radius 3 is 2.76 bits per heavy atom. The standard InChI is InChI=1S/C26H34FN3O3/c1-28(15-20-11-12-29(16-20)13-14-32-2)26(31)19-30-17-21-7-3-6-10-24(21)33-25(18-30)22-8-4-5-9-23(22)27/h3-10,20,25H,11-19H2,1-2H3/t20-,25+/m0/s1. The molecule has 7 heteroatoms. The van der Waals surface area contributed by atoms with Crippen molar-refractivity contribution in [3.8, 4) is 5.75 Å². The van der Waals surface area contributed by atoms with Crippen LogP contribution < -0.4 is 4.74 Å². The molecule has 2 atom stereocenters. The lowest BCUT2D eigenvalue weighted by Crippen LogP contribution is -2.41. The Labute approximate surface area is 195 Å². The predicted molar refractivity (Wildman–Crippen MR) is 126 cm³/mol. The van der Waals surface area contributed by atoms with Gasteiger partial charge in [-0.15, -0.1) is 0 Å². The van der Waals surface area contributed by atoms with Gasteiger partial charge in [0.2, 0.25) is 5.91 Å². The number of rotatable bonds is 8. The predicted octanol–water partition coefficient (Wildman–Crippen LogP) is 3.19. The van der Waals surface area contributed by atoms with E-state index in [1.54, 1.807) is 19.2 Å². The third-order valence-electron chi connectivity index (χ3n) is 6.61. The molecular weight excluding hydrogens is 421 g/mol. The maximum atomic E-state index is 14.6. The molecule has 0 spiro atoms. The van der Waals surface area contributed by atoms with Crippen molar-refractivity contribution in [3.63, 3.8) is 0 Å². The number of likely N-dealkylation sites (N-methyl/N-ethyl adjacent to an activating group) is 1. The number of likely N-dealkylation sites (tertiary alicyclic amines) is 1. The fourth-order valence-corrected chi connectivity index (χ4v) is 4.78. The van der Waals surface area contributed by atoms with Crippen LogP contribution in [0.1, 0.15) is 23.7 Å². The minimum absolute atomic E-state index is 0.0806.